The Morgan fingerprint density at radius 2 is 2.15 bits per heavy atom. The quantitative estimate of drug-likeness (QED) is 0.640. The first-order chi connectivity index (χ1) is 6.38. The third kappa shape index (κ3) is 3.65. The van der Waals surface area contributed by atoms with Gasteiger partial charge in [-0.2, -0.15) is 0 Å². The molecule has 0 aromatic carbocycles. The Morgan fingerprint density at radius 1 is 1.31 bits per heavy atom. The van der Waals surface area contributed by atoms with Crippen LogP contribution in [0.3, 0.4) is 0 Å². The molecule has 78 valence electrons. The lowest BCUT2D eigenvalue weighted by Crippen LogP contribution is -2.32. The molecule has 13 heavy (non-hydrogen) atoms. The molecule has 0 saturated carbocycles. The second kappa shape index (κ2) is 6.39. The van der Waals surface area contributed by atoms with Crippen molar-refractivity contribution in [2.24, 2.45) is 0 Å². The Bertz CT molecular complexity index is 127. The lowest BCUT2D eigenvalue weighted by Gasteiger charge is -2.22. The SMILES string of the molecule is CCCCCCN1CCCC1CO. The largest absolute Gasteiger partial charge is 0.395 e. The van der Waals surface area contributed by atoms with Gasteiger partial charge in [0.15, 0.2) is 0 Å². The van der Waals surface area contributed by atoms with E-state index in [4.69, 9.17) is 5.11 Å². The molecular weight excluding hydrogens is 162 g/mol. The monoisotopic (exact) mass is 185 g/mol. The fourth-order valence-corrected chi connectivity index (χ4v) is 2.14. The van der Waals surface area contributed by atoms with Gasteiger partial charge in [-0.1, -0.05) is 26.2 Å². The van der Waals surface area contributed by atoms with Crippen molar-refractivity contribution >= 4 is 0 Å². The Morgan fingerprint density at radius 3 is 2.85 bits per heavy atom. The minimum Gasteiger partial charge on any atom is -0.395 e. The van der Waals surface area contributed by atoms with E-state index in [1.54, 1.807) is 0 Å². The number of rotatable bonds is 6. The standard InChI is InChI=1S/C11H23NO/c1-2-3-4-5-8-12-9-6-7-11(12)10-13/h11,13H,2-10H2,1H3. The van der Waals surface area contributed by atoms with Crippen molar-refractivity contribution in [3.63, 3.8) is 0 Å². The van der Waals surface area contributed by atoms with Gasteiger partial charge in [-0.15, -0.1) is 0 Å². The fourth-order valence-electron chi connectivity index (χ4n) is 2.14. The molecule has 1 heterocycles. The molecule has 0 aromatic heterocycles. The van der Waals surface area contributed by atoms with E-state index in [-0.39, 0.29) is 0 Å². The molecule has 0 aliphatic carbocycles. The van der Waals surface area contributed by atoms with E-state index in [1.807, 2.05) is 0 Å². The zero-order valence-electron chi connectivity index (χ0n) is 8.84. The second-order valence-corrected chi connectivity index (χ2v) is 4.08. The molecule has 1 unspecified atom stereocenters. The van der Waals surface area contributed by atoms with Crippen molar-refractivity contribution in [2.75, 3.05) is 19.7 Å². The van der Waals surface area contributed by atoms with Crippen LogP contribution < -0.4 is 0 Å². The van der Waals surface area contributed by atoms with Gasteiger partial charge in [-0.25, -0.2) is 0 Å². The van der Waals surface area contributed by atoms with Crippen LogP contribution in [-0.2, 0) is 0 Å². The third-order valence-corrected chi connectivity index (χ3v) is 3.01. The molecule has 0 spiro atoms. The first kappa shape index (κ1) is 11.0. The summed E-state index contributed by atoms with van der Waals surface area (Å²) in [6.45, 7) is 5.00. The molecule has 1 saturated heterocycles. The van der Waals surface area contributed by atoms with E-state index >= 15 is 0 Å². The van der Waals surface area contributed by atoms with Crippen LogP contribution in [-0.4, -0.2) is 35.7 Å². The maximum Gasteiger partial charge on any atom is 0.0586 e. The lowest BCUT2D eigenvalue weighted by atomic mass is 10.2. The van der Waals surface area contributed by atoms with Gasteiger partial charge < -0.3 is 5.11 Å². The number of nitrogens with zero attached hydrogens (tertiary/aromatic N) is 1. The maximum atomic E-state index is 9.10. The number of hydrogen-bond acceptors (Lipinski definition) is 2. The molecule has 1 N–H and O–H groups in total. The summed E-state index contributed by atoms with van der Waals surface area (Å²) in [6.07, 6.45) is 7.81. The van der Waals surface area contributed by atoms with Crippen molar-refractivity contribution in [1.29, 1.82) is 0 Å². The predicted molar refractivity (Wildman–Crippen MR) is 55.8 cm³/mol. The van der Waals surface area contributed by atoms with Gasteiger partial charge in [0.05, 0.1) is 6.61 Å². The summed E-state index contributed by atoms with van der Waals surface area (Å²) in [6, 6.07) is 0.474. The number of aliphatic hydroxyl groups is 1. The smallest absolute Gasteiger partial charge is 0.0586 e. The van der Waals surface area contributed by atoms with E-state index in [0.29, 0.717) is 12.6 Å². The first-order valence-corrected chi connectivity index (χ1v) is 5.73. The van der Waals surface area contributed by atoms with Crippen molar-refractivity contribution < 1.29 is 5.11 Å². The molecule has 0 amide bonds. The highest BCUT2D eigenvalue weighted by Crippen LogP contribution is 2.17. The molecule has 2 nitrogen and oxygen atoms in total. The summed E-state index contributed by atoms with van der Waals surface area (Å²) in [5.74, 6) is 0. The van der Waals surface area contributed by atoms with E-state index in [2.05, 4.69) is 11.8 Å². The molecule has 1 aliphatic heterocycles. The van der Waals surface area contributed by atoms with E-state index < -0.39 is 0 Å². The maximum absolute atomic E-state index is 9.10. The van der Waals surface area contributed by atoms with E-state index in [0.717, 1.165) is 0 Å². The highest BCUT2D eigenvalue weighted by molar-refractivity contribution is 4.77. The minimum absolute atomic E-state index is 0.355. The molecule has 0 aromatic rings. The Kier molecular flexibility index (Phi) is 5.40. The van der Waals surface area contributed by atoms with Gasteiger partial charge >= 0.3 is 0 Å². The molecule has 1 fully saturated rings. The second-order valence-electron chi connectivity index (χ2n) is 4.08. The topological polar surface area (TPSA) is 23.5 Å². The Balaban J connectivity index is 2.06. The predicted octanol–water partition coefficient (Wildman–Crippen LogP) is 2.02. The van der Waals surface area contributed by atoms with Gasteiger partial charge in [-0.3, -0.25) is 4.90 Å². The van der Waals surface area contributed by atoms with Crippen molar-refractivity contribution in [1.82, 2.24) is 4.90 Å². The normalized spacial score (nSPS) is 24.0. The summed E-state index contributed by atoms with van der Waals surface area (Å²) >= 11 is 0. The summed E-state index contributed by atoms with van der Waals surface area (Å²) in [7, 11) is 0. The van der Waals surface area contributed by atoms with Crippen LogP contribution >= 0.6 is 0 Å². The zero-order chi connectivity index (χ0) is 9.52. The molecule has 2 heteroatoms. The molecule has 0 bridgehead atoms. The average molecular weight is 185 g/mol. The van der Waals surface area contributed by atoms with Crippen LogP contribution in [0.2, 0.25) is 0 Å². The summed E-state index contributed by atoms with van der Waals surface area (Å²) < 4.78 is 0. The van der Waals surface area contributed by atoms with Gasteiger partial charge in [0.2, 0.25) is 0 Å². The van der Waals surface area contributed by atoms with Gasteiger partial charge in [0.1, 0.15) is 0 Å². The van der Waals surface area contributed by atoms with Crippen LogP contribution in [0.25, 0.3) is 0 Å². The van der Waals surface area contributed by atoms with Crippen LogP contribution in [0.5, 0.6) is 0 Å². The lowest BCUT2D eigenvalue weighted by molar-refractivity contribution is 0.157. The number of aliphatic hydroxyl groups excluding tert-OH is 1. The summed E-state index contributed by atoms with van der Waals surface area (Å²) in [4.78, 5) is 2.45. The van der Waals surface area contributed by atoms with Gasteiger partial charge in [0, 0.05) is 6.04 Å². The highest BCUT2D eigenvalue weighted by atomic mass is 16.3. The van der Waals surface area contributed by atoms with Crippen LogP contribution in [0, 0.1) is 0 Å². The van der Waals surface area contributed by atoms with E-state index in [9.17, 15) is 0 Å². The van der Waals surface area contributed by atoms with Crippen LogP contribution in [0.1, 0.15) is 45.4 Å². The van der Waals surface area contributed by atoms with E-state index in [1.165, 1.54) is 51.6 Å². The minimum atomic E-state index is 0.355. The molecule has 1 aliphatic rings. The fraction of sp³-hybridized carbons (Fsp3) is 1.00. The Hall–Kier alpha value is -0.0800. The molecule has 1 rings (SSSR count). The van der Waals surface area contributed by atoms with Crippen LogP contribution in [0.15, 0.2) is 0 Å². The number of likely N-dealkylation sites (tertiary alicyclic amines) is 1. The zero-order valence-corrected chi connectivity index (χ0v) is 8.84. The van der Waals surface area contributed by atoms with Crippen LogP contribution in [0.4, 0.5) is 0 Å². The third-order valence-electron chi connectivity index (χ3n) is 3.01. The summed E-state index contributed by atoms with van der Waals surface area (Å²) in [5.41, 5.74) is 0. The number of hydrogen-bond donors (Lipinski definition) is 1. The molecular formula is C11H23NO. The van der Waals surface area contributed by atoms with Gasteiger partial charge in [-0.05, 0) is 32.4 Å². The summed E-state index contributed by atoms with van der Waals surface area (Å²) in [5, 5.41) is 9.10. The van der Waals surface area contributed by atoms with Crippen molar-refractivity contribution in [3.8, 4) is 0 Å². The first-order valence-electron chi connectivity index (χ1n) is 5.73. The highest BCUT2D eigenvalue weighted by Gasteiger charge is 2.22. The number of unbranched alkanes of at least 4 members (excludes halogenated alkanes) is 3. The molecule has 0 radical (unpaired) electrons. The average Bonchev–Trinajstić information content (AvgIpc) is 2.60. The Labute approximate surface area is 81.9 Å². The molecule has 1 atom stereocenters. The van der Waals surface area contributed by atoms with Gasteiger partial charge in [0.25, 0.3) is 0 Å². The van der Waals surface area contributed by atoms with Crippen molar-refractivity contribution in [2.45, 2.75) is 51.5 Å². The van der Waals surface area contributed by atoms with Crippen molar-refractivity contribution in [3.05, 3.63) is 0 Å².